The lowest BCUT2D eigenvalue weighted by atomic mass is 9.90. The molecule has 2 saturated carbocycles. The van der Waals surface area contributed by atoms with E-state index in [0.29, 0.717) is 17.1 Å². The predicted molar refractivity (Wildman–Crippen MR) is 144 cm³/mol. The number of nitrogens with zero attached hydrogens (tertiary/aromatic N) is 6. The summed E-state index contributed by atoms with van der Waals surface area (Å²) < 4.78 is 2.19. The van der Waals surface area contributed by atoms with Crippen molar-refractivity contribution in [2.45, 2.75) is 43.2 Å². The molecule has 7 rings (SSSR count). The smallest absolute Gasteiger partial charge is 0.253 e. The summed E-state index contributed by atoms with van der Waals surface area (Å²) in [4.78, 5) is 26.7. The molecule has 4 heterocycles. The number of hydrogen-bond acceptors (Lipinski definition) is 7. The fourth-order valence-electron chi connectivity index (χ4n) is 6.61. The van der Waals surface area contributed by atoms with E-state index in [4.69, 9.17) is 17.1 Å². The van der Waals surface area contributed by atoms with E-state index in [1.165, 1.54) is 18.7 Å². The van der Waals surface area contributed by atoms with Crippen molar-refractivity contribution in [2.75, 3.05) is 5.73 Å². The molecule has 0 aliphatic heterocycles. The van der Waals surface area contributed by atoms with Crippen molar-refractivity contribution >= 4 is 33.7 Å². The molecular weight excluding hydrogens is 476 g/mol. The number of carbonyl (C=O) groups is 1. The van der Waals surface area contributed by atoms with Crippen molar-refractivity contribution in [3.63, 3.8) is 0 Å². The summed E-state index contributed by atoms with van der Waals surface area (Å²) in [6, 6.07) is 11.7. The third kappa shape index (κ3) is 3.20. The normalized spacial score (nSPS) is 22.1. The molecule has 3 N–H and O–H groups in total. The molecule has 4 aromatic heterocycles. The fourth-order valence-corrected chi connectivity index (χ4v) is 6.61. The molecule has 38 heavy (non-hydrogen) atoms. The fraction of sp³-hybridized carbons (Fsp3) is 0.241. The van der Waals surface area contributed by atoms with Crippen LogP contribution in [0.2, 0.25) is 0 Å². The van der Waals surface area contributed by atoms with Gasteiger partial charge >= 0.3 is 0 Å². The number of rotatable bonds is 4. The second-order valence-corrected chi connectivity index (χ2v) is 10.3. The standard InChI is InChI=1S/C29H24N8O/c1-2-22-23(20-13-18-5-3-4-6-21(18)31-14-20)24-25(30)32-17-33-26(24)37(22)29-10-8-28(16-29,9-11-29)36-27(38)19-7-12-34-35-15-19/h1,3-7,12-15,17H,8-11,16H2,(H,36,38)(H2,30,32,33). The molecule has 1 amide bonds. The van der Waals surface area contributed by atoms with Gasteiger partial charge in [0.2, 0.25) is 0 Å². The quantitative estimate of drug-likeness (QED) is 0.359. The highest BCUT2D eigenvalue weighted by atomic mass is 16.1. The van der Waals surface area contributed by atoms with E-state index in [9.17, 15) is 4.79 Å². The summed E-state index contributed by atoms with van der Waals surface area (Å²) in [6.07, 6.45) is 16.7. The SMILES string of the molecule is C#Cc1c(-c2cnc3ccccc3c2)c2c(N)ncnc2n1C12CCC(NC(=O)c3ccnnc3)(CC1)C2. The number of terminal acetylenes is 1. The first-order valence-electron chi connectivity index (χ1n) is 12.6. The van der Waals surface area contributed by atoms with Crippen LogP contribution in [-0.2, 0) is 5.54 Å². The maximum Gasteiger partial charge on any atom is 0.253 e. The number of aromatic nitrogens is 6. The molecule has 1 aromatic carbocycles. The maximum atomic E-state index is 13.0. The molecular formula is C29H24N8O. The zero-order valence-corrected chi connectivity index (χ0v) is 20.6. The van der Waals surface area contributed by atoms with Gasteiger partial charge in [-0.15, -0.1) is 6.42 Å². The minimum absolute atomic E-state index is 0.137. The first-order valence-corrected chi connectivity index (χ1v) is 12.6. The average Bonchev–Trinajstić information content (AvgIpc) is 3.62. The molecule has 2 bridgehead atoms. The Balaban J connectivity index is 1.37. The van der Waals surface area contributed by atoms with Crippen LogP contribution in [0.25, 0.3) is 33.1 Å². The first kappa shape index (κ1) is 22.4. The zero-order valence-electron chi connectivity index (χ0n) is 20.6. The van der Waals surface area contributed by atoms with Gasteiger partial charge in [0.15, 0.2) is 0 Å². The van der Waals surface area contributed by atoms with Crippen molar-refractivity contribution in [1.29, 1.82) is 0 Å². The van der Waals surface area contributed by atoms with Gasteiger partial charge in [0.05, 0.1) is 28.9 Å². The third-order valence-electron chi connectivity index (χ3n) is 8.30. The summed E-state index contributed by atoms with van der Waals surface area (Å²) in [7, 11) is 0. The van der Waals surface area contributed by atoms with E-state index in [0.717, 1.165) is 65.2 Å². The number of benzene rings is 1. The van der Waals surface area contributed by atoms with E-state index in [2.05, 4.69) is 42.0 Å². The number of nitrogens with two attached hydrogens (primary N) is 1. The second kappa shape index (κ2) is 8.08. The van der Waals surface area contributed by atoms with Gasteiger partial charge in [0.25, 0.3) is 5.91 Å². The molecule has 5 aromatic rings. The van der Waals surface area contributed by atoms with Crippen molar-refractivity contribution in [3.8, 4) is 23.5 Å². The highest BCUT2D eigenvalue weighted by Crippen LogP contribution is 2.57. The molecule has 2 fully saturated rings. The van der Waals surface area contributed by atoms with Crippen LogP contribution >= 0.6 is 0 Å². The van der Waals surface area contributed by atoms with Gasteiger partial charge in [-0.25, -0.2) is 9.97 Å². The van der Waals surface area contributed by atoms with Crippen LogP contribution < -0.4 is 11.1 Å². The summed E-state index contributed by atoms with van der Waals surface area (Å²) in [5.74, 6) is 3.21. The van der Waals surface area contributed by atoms with Gasteiger partial charge in [-0.2, -0.15) is 10.2 Å². The Labute approximate surface area is 218 Å². The van der Waals surface area contributed by atoms with E-state index in [1.54, 1.807) is 6.07 Å². The van der Waals surface area contributed by atoms with Crippen molar-refractivity contribution in [1.82, 2.24) is 35.0 Å². The van der Waals surface area contributed by atoms with Crippen molar-refractivity contribution in [2.24, 2.45) is 0 Å². The van der Waals surface area contributed by atoms with Crippen molar-refractivity contribution < 1.29 is 4.79 Å². The number of anilines is 1. The number of nitrogens with one attached hydrogen (secondary N) is 1. The highest BCUT2D eigenvalue weighted by Gasteiger charge is 2.57. The van der Waals surface area contributed by atoms with Crippen molar-refractivity contribution in [3.05, 3.63) is 72.6 Å². The monoisotopic (exact) mass is 500 g/mol. The molecule has 9 heteroatoms. The van der Waals surface area contributed by atoms with E-state index in [-0.39, 0.29) is 17.0 Å². The Morgan fingerprint density at radius 2 is 1.89 bits per heavy atom. The van der Waals surface area contributed by atoms with E-state index in [1.807, 2.05) is 30.5 Å². The van der Waals surface area contributed by atoms with Crippen LogP contribution in [0.3, 0.4) is 0 Å². The number of hydrogen-bond donors (Lipinski definition) is 2. The molecule has 2 aliphatic rings. The number of nitrogen functional groups attached to an aromatic ring is 1. The largest absolute Gasteiger partial charge is 0.383 e. The predicted octanol–water partition coefficient (Wildman–Crippen LogP) is 3.84. The number of pyridine rings is 1. The number of amides is 1. The van der Waals surface area contributed by atoms with Gasteiger partial charge in [-0.3, -0.25) is 9.78 Å². The van der Waals surface area contributed by atoms with Crippen LogP contribution in [0.4, 0.5) is 5.82 Å². The number of carbonyl (C=O) groups excluding carboxylic acids is 1. The summed E-state index contributed by atoms with van der Waals surface area (Å²) >= 11 is 0. The average molecular weight is 501 g/mol. The zero-order chi connectivity index (χ0) is 25.9. The van der Waals surface area contributed by atoms with Gasteiger partial charge in [0.1, 0.15) is 23.5 Å². The van der Waals surface area contributed by atoms with Crippen LogP contribution in [0, 0.1) is 12.3 Å². The summed E-state index contributed by atoms with van der Waals surface area (Å²) in [5.41, 5.74) is 10.4. The van der Waals surface area contributed by atoms with E-state index >= 15 is 0 Å². The molecule has 9 nitrogen and oxygen atoms in total. The van der Waals surface area contributed by atoms with Crippen LogP contribution in [0.5, 0.6) is 0 Å². The van der Waals surface area contributed by atoms with Gasteiger partial charge in [-0.1, -0.05) is 24.1 Å². The molecule has 186 valence electrons. The molecule has 0 radical (unpaired) electrons. The number of fused-ring (bicyclic) bond motifs is 4. The maximum absolute atomic E-state index is 13.0. The molecule has 0 unspecified atom stereocenters. The topological polar surface area (TPSA) is 124 Å². The summed E-state index contributed by atoms with van der Waals surface area (Å²) in [5, 5.41) is 12.7. The van der Waals surface area contributed by atoms with Crippen LogP contribution in [-0.4, -0.2) is 41.2 Å². The molecule has 2 aliphatic carbocycles. The Hall–Kier alpha value is -4.84. The lowest BCUT2D eigenvalue weighted by molar-refractivity contribution is 0.0900. The van der Waals surface area contributed by atoms with Gasteiger partial charge < -0.3 is 15.6 Å². The molecule has 0 spiro atoms. The van der Waals surface area contributed by atoms with Gasteiger partial charge in [0, 0.05) is 33.8 Å². The Morgan fingerprint density at radius 3 is 2.68 bits per heavy atom. The second-order valence-electron chi connectivity index (χ2n) is 10.3. The molecule has 0 atom stereocenters. The van der Waals surface area contributed by atoms with Crippen LogP contribution in [0.1, 0.15) is 48.2 Å². The number of para-hydroxylation sites is 1. The molecule has 0 saturated heterocycles. The Morgan fingerprint density at radius 1 is 1.05 bits per heavy atom. The lowest BCUT2D eigenvalue weighted by Crippen LogP contribution is -2.45. The van der Waals surface area contributed by atoms with Gasteiger partial charge in [-0.05, 0) is 50.3 Å². The van der Waals surface area contributed by atoms with Crippen LogP contribution in [0.15, 0.2) is 61.3 Å². The first-order chi connectivity index (χ1) is 18.5. The highest BCUT2D eigenvalue weighted by molar-refractivity contribution is 6.04. The minimum atomic E-state index is -0.327. The lowest BCUT2D eigenvalue weighted by Gasteiger charge is -2.30. The third-order valence-corrected chi connectivity index (χ3v) is 8.30. The van der Waals surface area contributed by atoms with E-state index < -0.39 is 0 Å². The minimum Gasteiger partial charge on any atom is -0.383 e. The Bertz CT molecular complexity index is 1780. The Kier molecular flexibility index (Phi) is 4.76. The summed E-state index contributed by atoms with van der Waals surface area (Å²) in [6.45, 7) is 0.